The Morgan fingerprint density at radius 2 is 1.37 bits per heavy atom. The van der Waals surface area contributed by atoms with Crippen LogP contribution in [0.15, 0.2) is 89.8 Å². The van der Waals surface area contributed by atoms with Crippen LogP contribution in [0.5, 0.6) is 0 Å². The lowest BCUT2D eigenvalue weighted by molar-refractivity contribution is -0.126. The molecule has 0 spiro atoms. The van der Waals surface area contributed by atoms with Crippen LogP contribution in [-0.4, -0.2) is 24.2 Å². The van der Waals surface area contributed by atoms with Crippen molar-refractivity contribution in [3.05, 3.63) is 90.5 Å². The third kappa shape index (κ3) is 3.00. The van der Waals surface area contributed by atoms with E-state index in [1.165, 1.54) is 4.90 Å². The minimum Gasteiger partial charge on any atom is -0.273 e. The highest BCUT2D eigenvalue weighted by Crippen LogP contribution is 2.47. The van der Waals surface area contributed by atoms with E-state index in [4.69, 9.17) is 4.84 Å². The Kier molecular flexibility index (Phi) is 4.81. The number of rotatable bonds is 4. The maximum Gasteiger partial charge on any atom is 0.266 e. The summed E-state index contributed by atoms with van der Waals surface area (Å²) in [4.78, 5) is 35.2. The fraction of sp³-hybridized carbons (Fsp3) is 0.167. The Labute approximate surface area is 179 Å². The standard InChI is InChI=1S/C24H20N2O3S/c1-30-19-14-12-16(13-15-19)21-20-22(29-26(21)18-10-6-3-7-11-18)24(28)25(23(20)27)17-8-4-2-5-9-17/h2-15,20-22H,1H3/t20-,21+,22-/m0/s1. The molecule has 6 heteroatoms. The van der Waals surface area contributed by atoms with E-state index in [-0.39, 0.29) is 11.8 Å². The van der Waals surface area contributed by atoms with Gasteiger partial charge in [-0.3, -0.25) is 14.4 Å². The van der Waals surface area contributed by atoms with Gasteiger partial charge in [-0.2, -0.15) is 0 Å². The van der Waals surface area contributed by atoms with Crippen LogP contribution in [0.3, 0.4) is 0 Å². The van der Waals surface area contributed by atoms with E-state index in [1.807, 2.05) is 79.1 Å². The molecule has 0 aromatic heterocycles. The van der Waals surface area contributed by atoms with E-state index < -0.39 is 18.1 Å². The van der Waals surface area contributed by atoms with Crippen LogP contribution in [-0.2, 0) is 14.4 Å². The molecule has 0 saturated carbocycles. The van der Waals surface area contributed by atoms with Crippen LogP contribution < -0.4 is 9.96 Å². The molecule has 3 aromatic rings. The molecular weight excluding hydrogens is 396 g/mol. The second-order valence-corrected chi connectivity index (χ2v) is 8.16. The summed E-state index contributed by atoms with van der Waals surface area (Å²) in [5.41, 5.74) is 2.34. The molecular formula is C24H20N2O3S. The molecule has 2 aliphatic heterocycles. The molecule has 150 valence electrons. The molecule has 5 rings (SSSR count). The molecule has 2 amide bonds. The van der Waals surface area contributed by atoms with Crippen molar-refractivity contribution in [2.45, 2.75) is 17.0 Å². The Bertz CT molecular complexity index is 1070. The van der Waals surface area contributed by atoms with Gasteiger partial charge >= 0.3 is 0 Å². The summed E-state index contributed by atoms with van der Waals surface area (Å²) < 4.78 is 0. The lowest BCUT2D eigenvalue weighted by Gasteiger charge is -2.28. The van der Waals surface area contributed by atoms with Crippen molar-refractivity contribution < 1.29 is 14.4 Å². The highest BCUT2D eigenvalue weighted by Gasteiger charge is 2.60. The van der Waals surface area contributed by atoms with Crippen LogP contribution in [0.25, 0.3) is 0 Å². The van der Waals surface area contributed by atoms with Gasteiger partial charge < -0.3 is 0 Å². The SMILES string of the molecule is CSc1ccc([C@@H]2[C@@H]3C(=O)N(c4ccccc4)C(=O)[C@H]3ON2c2ccccc2)cc1. The van der Waals surface area contributed by atoms with Crippen LogP contribution in [0.1, 0.15) is 11.6 Å². The van der Waals surface area contributed by atoms with Gasteiger partial charge in [-0.05, 0) is 48.2 Å². The fourth-order valence-corrected chi connectivity index (χ4v) is 4.59. The van der Waals surface area contributed by atoms with Gasteiger partial charge in [0.25, 0.3) is 5.91 Å². The Balaban J connectivity index is 1.58. The van der Waals surface area contributed by atoms with Gasteiger partial charge in [-0.25, -0.2) is 9.96 Å². The number of nitrogens with zero attached hydrogens (tertiary/aromatic N) is 2. The number of fused-ring (bicyclic) bond motifs is 1. The summed E-state index contributed by atoms with van der Waals surface area (Å²) in [6.45, 7) is 0. The van der Waals surface area contributed by atoms with E-state index in [0.29, 0.717) is 5.69 Å². The van der Waals surface area contributed by atoms with Crippen molar-refractivity contribution in [1.29, 1.82) is 0 Å². The van der Waals surface area contributed by atoms with E-state index in [0.717, 1.165) is 16.1 Å². The van der Waals surface area contributed by atoms with Crippen LogP contribution in [0.4, 0.5) is 11.4 Å². The van der Waals surface area contributed by atoms with E-state index in [9.17, 15) is 9.59 Å². The number of hydrogen-bond acceptors (Lipinski definition) is 5. The zero-order chi connectivity index (χ0) is 20.7. The van der Waals surface area contributed by atoms with Gasteiger partial charge in [-0.15, -0.1) is 11.8 Å². The second-order valence-electron chi connectivity index (χ2n) is 7.28. The minimum absolute atomic E-state index is 0.228. The third-order valence-corrected chi connectivity index (χ3v) is 6.34. The number of para-hydroxylation sites is 2. The fourth-order valence-electron chi connectivity index (χ4n) is 4.18. The van der Waals surface area contributed by atoms with Gasteiger partial charge in [-0.1, -0.05) is 48.5 Å². The van der Waals surface area contributed by atoms with Gasteiger partial charge in [0.2, 0.25) is 5.91 Å². The zero-order valence-electron chi connectivity index (χ0n) is 16.3. The first-order chi connectivity index (χ1) is 14.7. The van der Waals surface area contributed by atoms with Crippen LogP contribution in [0, 0.1) is 5.92 Å². The lowest BCUT2D eigenvalue weighted by atomic mass is 9.90. The summed E-state index contributed by atoms with van der Waals surface area (Å²) in [6.07, 6.45) is 1.18. The number of anilines is 2. The summed E-state index contributed by atoms with van der Waals surface area (Å²) >= 11 is 1.66. The van der Waals surface area contributed by atoms with Crippen molar-refractivity contribution in [3.8, 4) is 0 Å². The number of imide groups is 1. The maximum atomic E-state index is 13.5. The molecule has 3 aromatic carbocycles. The summed E-state index contributed by atoms with van der Waals surface area (Å²) in [6, 6.07) is 26.4. The average Bonchev–Trinajstić information content (AvgIpc) is 3.31. The van der Waals surface area contributed by atoms with E-state index >= 15 is 0 Å². The lowest BCUT2D eigenvalue weighted by Crippen LogP contribution is -2.37. The van der Waals surface area contributed by atoms with Crippen LogP contribution in [0.2, 0.25) is 0 Å². The predicted octanol–water partition coefficient (Wildman–Crippen LogP) is 4.46. The topological polar surface area (TPSA) is 49.9 Å². The minimum atomic E-state index is -0.844. The summed E-state index contributed by atoms with van der Waals surface area (Å²) in [5, 5.41) is 1.72. The molecule has 3 atom stereocenters. The number of carbonyl (C=O) groups excluding carboxylic acids is 2. The highest BCUT2D eigenvalue weighted by atomic mass is 32.2. The Morgan fingerprint density at radius 3 is 1.97 bits per heavy atom. The van der Waals surface area contributed by atoms with Gasteiger partial charge in [0.15, 0.2) is 6.10 Å². The van der Waals surface area contributed by atoms with E-state index in [1.54, 1.807) is 29.0 Å². The summed E-state index contributed by atoms with van der Waals surface area (Å²) in [5.74, 6) is -1.16. The number of thioether (sulfide) groups is 1. The molecule has 2 aliphatic rings. The monoisotopic (exact) mass is 416 g/mol. The van der Waals surface area contributed by atoms with Gasteiger partial charge in [0.05, 0.1) is 17.4 Å². The molecule has 0 radical (unpaired) electrons. The number of amides is 2. The molecule has 2 saturated heterocycles. The van der Waals surface area contributed by atoms with Crippen molar-refractivity contribution in [3.63, 3.8) is 0 Å². The highest BCUT2D eigenvalue weighted by molar-refractivity contribution is 7.98. The Hall–Kier alpha value is -3.09. The normalized spacial score (nSPS) is 23.2. The first kappa shape index (κ1) is 18.9. The average molecular weight is 417 g/mol. The zero-order valence-corrected chi connectivity index (χ0v) is 17.2. The molecule has 0 N–H and O–H groups in total. The van der Waals surface area contributed by atoms with Crippen molar-refractivity contribution in [1.82, 2.24) is 0 Å². The Morgan fingerprint density at radius 1 is 0.767 bits per heavy atom. The smallest absolute Gasteiger partial charge is 0.266 e. The first-order valence-electron chi connectivity index (χ1n) is 9.77. The van der Waals surface area contributed by atoms with Crippen molar-refractivity contribution in [2.24, 2.45) is 5.92 Å². The van der Waals surface area contributed by atoms with E-state index in [2.05, 4.69) is 0 Å². The number of hydrogen-bond donors (Lipinski definition) is 0. The molecule has 30 heavy (non-hydrogen) atoms. The molecule has 0 unspecified atom stereocenters. The van der Waals surface area contributed by atoms with Gasteiger partial charge in [0, 0.05) is 4.90 Å². The number of hydroxylamine groups is 1. The quantitative estimate of drug-likeness (QED) is 0.464. The molecule has 2 heterocycles. The first-order valence-corrected chi connectivity index (χ1v) is 11.0. The number of benzene rings is 3. The van der Waals surface area contributed by atoms with Crippen molar-refractivity contribution >= 4 is 35.0 Å². The largest absolute Gasteiger partial charge is 0.273 e. The third-order valence-electron chi connectivity index (χ3n) is 5.60. The van der Waals surface area contributed by atoms with Crippen molar-refractivity contribution in [2.75, 3.05) is 16.2 Å². The molecule has 5 nitrogen and oxygen atoms in total. The molecule has 0 bridgehead atoms. The predicted molar refractivity (Wildman–Crippen MR) is 117 cm³/mol. The second kappa shape index (κ2) is 7.63. The van der Waals surface area contributed by atoms with Crippen LogP contribution >= 0.6 is 11.8 Å². The number of carbonyl (C=O) groups is 2. The molecule has 2 fully saturated rings. The summed E-state index contributed by atoms with van der Waals surface area (Å²) in [7, 11) is 0. The maximum absolute atomic E-state index is 13.5. The molecule has 0 aliphatic carbocycles. The van der Waals surface area contributed by atoms with Gasteiger partial charge in [0.1, 0.15) is 5.92 Å².